The van der Waals surface area contributed by atoms with Crippen LogP contribution in [0.25, 0.3) is 0 Å². The monoisotopic (exact) mass is 369 g/mol. The molecule has 0 aliphatic carbocycles. The predicted molar refractivity (Wildman–Crippen MR) is 102 cm³/mol. The standard InChI is InChI=1S/C21H23NO5/c1-14(18(23)15-8-6-5-7-9-15)26-19(24)16-10-12-17(13-11-16)22-20(25)27-21(2,3)4/h5-14H,1-4H3,(H,22,25). The number of hydrogen-bond donors (Lipinski definition) is 1. The Bertz CT molecular complexity index is 807. The summed E-state index contributed by atoms with van der Waals surface area (Å²) in [6.45, 7) is 6.84. The van der Waals surface area contributed by atoms with Crippen LogP contribution < -0.4 is 5.32 Å². The highest BCUT2D eigenvalue weighted by molar-refractivity contribution is 6.01. The molecule has 0 bridgehead atoms. The highest BCUT2D eigenvalue weighted by atomic mass is 16.6. The molecule has 2 aromatic carbocycles. The van der Waals surface area contributed by atoms with Crippen molar-refractivity contribution in [1.82, 2.24) is 0 Å². The Morgan fingerprint density at radius 2 is 1.48 bits per heavy atom. The second-order valence-corrected chi connectivity index (χ2v) is 6.98. The molecule has 0 fully saturated rings. The van der Waals surface area contributed by atoms with Crippen molar-refractivity contribution in [2.24, 2.45) is 0 Å². The van der Waals surface area contributed by atoms with Gasteiger partial charge in [0.15, 0.2) is 6.10 Å². The lowest BCUT2D eigenvalue weighted by Gasteiger charge is -2.19. The van der Waals surface area contributed by atoms with Crippen molar-refractivity contribution in [3.05, 3.63) is 65.7 Å². The van der Waals surface area contributed by atoms with Crippen molar-refractivity contribution >= 4 is 23.5 Å². The van der Waals surface area contributed by atoms with Crippen LogP contribution in [-0.2, 0) is 9.47 Å². The van der Waals surface area contributed by atoms with E-state index in [1.54, 1.807) is 63.2 Å². The quantitative estimate of drug-likeness (QED) is 0.621. The average Bonchev–Trinajstić information content (AvgIpc) is 2.60. The zero-order valence-electron chi connectivity index (χ0n) is 15.8. The molecule has 0 spiro atoms. The van der Waals surface area contributed by atoms with Gasteiger partial charge in [-0.05, 0) is 52.0 Å². The third-order valence-corrected chi connectivity index (χ3v) is 3.48. The molecule has 2 rings (SSSR count). The molecule has 27 heavy (non-hydrogen) atoms. The topological polar surface area (TPSA) is 81.7 Å². The third-order valence-electron chi connectivity index (χ3n) is 3.48. The van der Waals surface area contributed by atoms with Gasteiger partial charge in [0.1, 0.15) is 5.60 Å². The molecule has 6 heteroatoms. The fourth-order valence-electron chi connectivity index (χ4n) is 2.23. The number of esters is 1. The zero-order valence-corrected chi connectivity index (χ0v) is 15.8. The normalized spacial score (nSPS) is 12.0. The van der Waals surface area contributed by atoms with Crippen LogP contribution in [0.2, 0.25) is 0 Å². The fraction of sp³-hybridized carbons (Fsp3) is 0.286. The van der Waals surface area contributed by atoms with Crippen molar-refractivity contribution in [2.45, 2.75) is 39.4 Å². The molecule has 2 aromatic rings. The number of Topliss-reactive ketones (excluding diaryl/α,β-unsaturated/α-hetero) is 1. The first kappa shape index (κ1) is 20.2. The Morgan fingerprint density at radius 3 is 2.04 bits per heavy atom. The summed E-state index contributed by atoms with van der Waals surface area (Å²) in [6, 6.07) is 14.8. The minimum atomic E-state index is -0.903. The fourth-order valence-corrected chi connectivity index (χ4v) is 2.23. The maximum absolute atomic E-state index is 12.3. The molecule has 0 saturated heterocycles. The van der Waals surface area contributed by atoms with E-state index in [2.05, 4.69) is 5.32 Å². The van der Waals surface area contributed by atoms with Crippen LogP contribution in [0.5, 0.6) is 0 Å². The molecule has 0 aliphatic heterocycles. The molecule has 1 amide bonds. The number of amides is 1. The van der Waals surface area contributed by atoms with Gasteiger partial charge < -0.3 is 9.47 Å². The smallest absolute Gasteiger partial charge is 0.412 e. The molecular weight excluding hydrogens is 346 g/mol. The van der Waals surface area contributed by atoms with Gasteiger partial charge in [0.05, 0.1) is 5.56 Å². The van der Waals surface area contributed by atoms with Gasteiger partial charge in [-0.2, -0.15) is 0 Å². The molecule has 0 saturated carbocycles. The van der Waals surface area contributed by atoms with E-state index in [1.165, 1.54) is 19.1 Å². The van der Waals surface area contributed by atoms with Crippen LogP contribution in [-0.4, -0.2) is 29.6 Å². The Labute approximate surface area is 158 Å². The Kier molecular flexibility index (Phi) is 6.34. The van der Waals surface area contributed by atoms with Crippen LogP contribution in [0.1, 0.15) is 48.4 Å². The summed E-state index contributed by atoms with van der Waals surface area (Å²) < 4.78 is 10.4. The Balaban J connectivity index is 1.95. The first-order valence-corrected chi connectivity index (χ1v) is 8.56. The highest BCUT2D eigenvalue weighted by Gasteiger charge is 2.20. The van der Waals surface area contributed by atoms with E-state index in [0.29, 0.717) is 11.3 Å². The van der Waals surface area contributed by atoms with Gasteiger partial charge >= 0.3 is 12.1 Å². The van der Waals surface area contributed by atoms with Crippen molar-refractivity contribution < 1.29 is 23.9 Å². The minimum Gasteiger partial charge on any atom is -0.451 e. The summed E-state index contributed by atoms with van der Waals surface area (Å²) in [6.07, 6.45) is -1.49. The van der Waals surface area contributed by atoms with Crippen molar-refractivity contribution in [3.8, 4) is 0 Å². The van der Waals surface area contributed by atoms with Crippen molar-refractivity contribution in [3.63, 3.8) is 0 Å². The van der Waals surface area contributed by atoms with Gasteiger partial charge in [-0.3, -0.25) is 10.1 Å². The summed E-state index contributed by atoms with van der Waals surface area (Å²) in [5.74, 6) is -0.886. The number of nitrogens with one attached hydrogen (secondary N) is 1. The number of hydrogen-bond acceptors (Lipinski definition) is 5. The number of rotatable bonds is 5. The van der Waals surface area contributed by atoms with Gasteiger partial charge in [0.2, 0.25) is 5.78 Å². The second-order valence-electron chi connectivity index (χ2n) is 6.98. The van der Waals surface area contributed by atoms with E-state index >= 15 is 0 Å². The van der Waals surface area contributed by atoms with Crippen LogP contribution >= 0.6 is 0 Å². The molecule has 0 aliphatic rings. The number of carbonyl (C=O) groups excluding carboxylic acids is 3. The van der Waals surface area contributed by atoms with Gasteiger partial charge in [0, 0.05) is 11.3 Å². The summed E-state index contributed by atoms with van der Waals surface area (Å²) in [7, 11) is 0. The number of anilines is 1. The lowest BCUT2D eigenvalue weighted by Crippen LogP contribution is -2.27. The third kappa shape index (κ3) is 6.26. The molecule has 6 nitrogen and oxygen atoms in total. The maximum atomic E-state index is 12.3. The van der Waals surface area contributed by atoms with Gasteiger partial charge in [-0.25, -0.2) is 9.59 Å². The first-order chi connectivity index (χ1) is 12.7. The van der Waals surface area contributed by atoms with Crippen LogP contribution in [0.3, 0.4) is 0 Å². The molecule has 1 N–H and O–H groups in total. The molecule has 0 aromatic heterocycles. The minimum absolute atomic E-state index is 0.271. The zero-order chi connectivity index (χ0) is 20.0. The largest absolute Gasteiger partial charge is 0.451 e. The van der Waals surface area contributed by atoms with E-state index in [4.69, 9.17) is 9.47 Å². The van der Waals surface area contributed by atoms with Crippen molar-refractivity contribution in [1.29, 1.82) is 0 Å². The van der Waals surface area contributed by atoms with Crippen LogP contribution in [0, 0.1) is 0 Å². The van der Waals surface area contributed by atoms with Crippen LogP contribution in [0.4, 0.5) is 10.5 Å². The highest BCUT2D eigenvalue weighted by Crippen LogP contribution is 2.15. The average molecular weight is 369 g/mol. The molecule has 1 atom stereocenters. The van der Waals surface area contributed by atoms with E-state index in [0.717, 1.165) is 0 Å². The number of benzene rings is 2. The van der Waals surface area contributed by atoms with Crippen LogP contribution in [0.15, 0.2) is 54.6 Å². The summed E-state index contributed by atoms with van der Waals surface area (Å²) in [4.78, 5) is 36.2. The summed E-state index contributed by atoms with van der Waals surface area (Å²) in [5.41, 5.74) is 0.635. The lowest BCUT2D eigenvalue weighted by atomic mass is 10.1. The maximum Gasteiger partial charge on any atom is 0.412 e. The molecule has 0 radical (unpaired) electrons. The van der Waals surface area contributed by atoms with E-state index in [1.807, 2.05) is 0 Å². The first-order valence-electron chi connectivity index (χ1n) is 8.56. The van der Waals surface area contributed by atoms with Crippen molar-refractivity contribution in [2.75, 3.05) is 5.32 Å². The Hall–Kier alpha value is -3.15. The van der Waals surface area contributed by atoms with E-state index in [9.17, 15) is 14.4 Å². The van der Waals surface area contributed by atoms with Gasteiger partial charge in [0.25, 0.3) is 0 Å². The molecule has 142 valence electrons. The predicted octanol–water partition coefficient (Wildman–Crippen LogP) is 4.46. The number of ketones is 1. The SMILES string of the molecule is CC(OC(=O)c1ccc(NC(=O)OC(C)(C)C)cc1)C(=O)c1ccccc1. The van der Waals surface area contributed by atoms with Gasteiger partial charge in [-0.15, -0.1) is 0 Å². The van der Waals surface area contributed by atoms with E-state index in [-0.39, 0.29) is 11.3 Å². The molecular formula is C21H23NO5. The molecule has 1 unspecified atom stereocenters. The van der Waals surface area contributed by atoms with Gasteiger partial charge in [-0.1, -0.05) is 30.3 Å². The summed E-state index contributed by atoms with van der Waals surface area (Å²) >= 11 is 0. The Morgan fingerprint density at radius 1 is 0.889 bits per heavy atom. The number of ether oxygens (including phenoxy) is 2. The van der Waals surface area contributed by atoms with E-state index < -0.39 is 23.8 Å². The lowest BCUT2D eigenvalue weighted by molar-refractivity contribution is 0.0319. The molecule has 0 heterocycles. The number of carbonyl (C=O) groups is 3. The summed E-state index contributed by atoms with van der Waals surface area (Å²) in [5, 5.41) is 2.58. The second kappa shape index (κ2) is 8.49.